The summed E-state index contributed by atoms with van der Waals surface area (Å²) in [6.45, 7) is 3.53. The predicted molar refractivity (Wildman–Crippen MR) is 125 cm³/mol. The number of nitrogens with one attached hydrogen (secondary N) is 2. The number of benzene rings is 2. The van der Waals surface area contributed by atoms with Crippen LogP contribution in [0.25, 0.3) is 0 Å². The molecule has 0 aliphatic heterocycles. The predicted octanol–water partition coefficient (Wildman–Crippen LogP) is 3.91. The Hall–Kier alpha value is -2.50. The number of carbonyl (C=O) groups excluding carboxylic acids is 1. The second-order valence-corrected chi connectivity index (χ2v) is 6.62. The Morgan fingerprint density at radius 3 is 2.39 bits per heavy atom. The van der Waals surface area contributed by atoms with Crippen molar-refractivity contribution in [3.63, 3.8) is 0 Å². The molecule has 0 saturated carbocycles. The monoisotopic (exact) mass is 550 g/mol. The van der Waals surface area contributed by atoms with E-state index in [1.807, 2.05) is 13.0 Å². The smallest absolute Gasteiger partial charge is 0.422 e. The number of amides is 1. The van der Waals surface area contributed by atoms with Crippen LogP contribution in [0.4, 0.5) is 13.2 Å². The van der Waals surface area contributed by atoms with E-state index < -0.39 is 18.7 Å². The lowest BCUT2D eigenvalue weighted by atomic mass is 10.1. The normalized spacial score (nSPS) is 11.5. The molecule has 0 fully saturated rings. The number of alkyl halides is 3. The van der Waals surface area contributed by atoms with Gasteiger partial charge in [0.25, 0.3) is 0 Å². The number of nitrogens with two attached hydrogens (primary N) is 1. The van der Waals surface area contributed by atoms with Crippen LogP contribution in [-0.2, 0) is 13.1 Å². The van der Waals surface area contributed by atoms with Crippen LogP contribution in [0.1, 0.15) is 34.0 Å². The van der Waals surface area contributed by atoms with Crippen LogP contribution < -0.4 is 21.1 Å². The molecule has 10 heteroatoms. The molecule has 170 valence electrons. The number of carbonyl (C=O) groups is 1. The van der Waals surface area contributed by atoms with Gasteiger partial charge in [0.15, 0.2) is 12.6 Å². The first-order valence-corrected chi connectivity index (χ1v) is 9.38. The molecule has 0 radical (unpaired) electrons. The van der Waals surface area contributed by atoms with Crippen LogP contribution in [0.2, 0.25) is 0 Å². The molecule has 0 spiro atoms. The molecule has 6 nitrogen and oxygen atoms in total. The molecule has 0 aromatic heterocycles. The van der Waals surface area contributed by atoms with Gasteiger partial charge in [0.05, 0.1) is 6.54 Å². The number of aliphatic imine (C=N–C) groups is 1. The Morgan fingerprint density at radius 1 is 1.13 bits per heavy atom. The molecular formula is C21H26F3IN4O2. The molecule has 0 aliphatic rings. The minimum atomic E-state index is -4.41. The van der Waals surface area contributed by atoms with E-state index in [9.17, 15) is 18.0 Å². The van der Waals surface area contributed by atoms with Crippen LogP contribution in [0.15, 0.2) is 47.5 Å². The van der Waals surface area contributed by atoms with Gasteiger partial charge in [-0.05, 0) is 43.2 Å². The fourth-order valence-corrected chi connectivity index (χ4v) is 2.57. The van der Waals surface area contributed by atoms with E-state index in [4.69, 9.17) is 10.5 Å². The topological polar surface area (TPSA) is 88.7 Å². The summed E-state index contributed by atoms with van der Waals surface area (Å²) in [4.78, 5) is 15.6. The Balaban J connectivity index is 0.00000480. The molecule has 0 aliphatic carbocycles. The van der Waals surface area contributed by atoms with Crippen molar-refractivity contribution in [2.75, 3.05) is 13.2 Å². The molecule has 0 heterocycles. The van der Waals surface area contributed by atoms with Gasteiger partial charge in [-0.25, -0.2) is 4.99 Å². The Bertz CT molecular complexity index is 887. The van der Waals surface area contributed by atoms with Crippen molar-refractivity contribution < 1.29 is 22.7 Å². The van der Waals surface area contributed by atoms with Gasteiger partial charge in [0, 0.05) is 24.2 Å². The van der Waals surface area contributed by atoms with Crippen LogP contribution in [0, 0.1) is 6.92 Å². The highest BCUT2D eigenvalue weighted by Crippen LogP contribution is 2.23. The quantitative estimate of drug-likeness (QED) is 0.264. The molecule has 0 unspecified atom stereocenters. The van der Waals surface area contributed by atoms with E-state index in [0.717, 1.165) is 11.1 Å². The third kappa shape index (κ3) is 9.45. The Labute approximate surface area is 196 Å². The number of rotatable bonds is 8. The van der Waals surface area contributed by atoms with Gasteiger partial charge >= 0.3 is 6.18 Å². The van der Waals surface area contributed by atoms with Crippen LogP contribution in [0.3, 0.4) is 0 Å². The number of aryl methyl sites for hydroxylation is 1. The standard InChI is InChI=1S/C21H25F3N4O2.HI/c1-3-26-20(27-11-15-5-8-16(9-6-15)19(25)29)28-12-17-7-4-14(2)10-18(17)30-13-21(22,23)24;/h4-10H,3,11-13H2,1-2H3,(H2,25,29)(H2,26,27,28);1H. The average Bonchev–Trinajstić information content (AvgIpc) is 2.69. The molecule has 0 bridgehead atoms. The molecule has 31 heavy (non-hydrogen) atoms. The van der Waals surface area contributed by atoms with Gasteiger partial charge in [-0.1, -0.05) is 24.3 Å². The fraction of sp³-hybridized carbons (Fsp3) is 0.333. The minimum absolute atomic E-state index is 0. The van der Waals surface area contributed by atoms with E-state index >= 15 is 0 Å². The third-order valence-electron chi connectivity index (χ3n) is 4.06. The lowest BCUT2D eigenvalue weighted by Crippen LogP contribution is -2.37. The van der Waals surface area contributed by atoms with Crippen molar-refractivity contribution in [3.8, 4) is 5.75 Å². The average molecular weight is 550 g/mol. The number of ether oxygens (including phenoxy) is 1. The molecule has 2 aromatic carbocycles. The lowest BCUT2D eigenvalue weighted by molar-refractivity contribution is -0.153. The highest BCUT2D eigenvalue weighted by molar-refractivity contribution is 14.0. The van der Waals surface area contributed by atoms with Gasteiger partial charge in [0.2, 0.25) is 5.91 Å². The SMILES string of the molecule is CCNC(=NCc1ccc(C(N)=O)cc1)NCc1ccc(C)cc1OCC(F)(F)F.I. The second-order valence-electron chi connectivity index (χ2n) is 6.62. The molecule has 0 saturated heterocycles. The van der Waals surface area contributed by atoms with Gasteiger partial charge in [-0.2, -0.15) is 13.2 Å². The number of primary amides is 1. The summed E-state index contributed by atoms with van der Waals surface area (Å²) in [6, 6.07) is 11.9. The van der Waals surface area contributed by atoms with Crippen LogP contribution >= 0.6 is 24.0 Å². The number of halogens is 4. The third-order valence-corrected chi connectivity index (χ3v) is 4.06. The first-order chi connectivity index (χ1) is 14.2. The van der Waals surface area contributed by atoms with Crippen molar-refractivity contribution in [3.05, 3.63) is 64.7 Å². The highest BCUT2D eigenvalue weighted by Gasteiger charge is 2.28. The summed E-state index contributed by atoms with van der Waals surface area (Å²) in [5, 5.41) is 6.18. The first kappa shape index (κ1) is 26.5. The first-order valence-electron chi connectivity index (χ1n) is 9.38. The molecule has 2 rings (SSSR count). The summed E-state index contributed by atoms with van der Waals surface area (Å²) in [5.41, 5.74) is 7.91. The van der Waals surface area contributed by atoms with E-state index in [1.54, 1.807) is 43.3 Å². The summed E-state index contributed by atoms with van der Waals surface area (Å²) in [5.74, 6) is 0.179. The summed E-state index contributed by atoms with van der Waals surface area (Å²) in [7, 11) is 0. The van der Waals surface area contributed by atoms with E-state index in [1.165, 1.54) is 0 Å². The molecule has 2 aromatic rings. The summed E-state index contributed by atoms with van der Waals surface area (Å²) >= 11 is 0. The molecular weight excluding hydrogens is 524 g/mol. The van der Waals surface area contributed by atoms with Crippen molar-refractivity contribution in [1.29, 1.82) is 0 Å². The number of guanidine groups is 1. The fourth-order valence-electron chi connectivity index (χ4n) is 2.57. The summed E-state index contributed by atoms with van der Waals surface area (Å²) in [6.07, 6.45) is -4.41. The van der Waals surface area contributed by atoms with Crippen molar-refractivity contribution in [2.24, 2.45) is 10.7 Å². The van der Waals surface area contributed by atoms with Crippen LogP contribution in [-0.4, -0.2) is 31.2 Å². The second kappa shape index (κ2) is 12.4. The zero-order valence-corrected chi connectivity index (χ0v) is 19.6. The number of nitrogens with zero attached hydrogens (tertiary/aromatic N) is 1. The minimum Gasteiger partial charge on any atom is -0.484 e. The maximum absolute atomic E-state index is 12.5. The van der Waals surface area contributed by atoms with Gasteiger partial charge in [-0.15, -0.1) is 24.0 Å². The van der Waals surface area contributed by atoms with E-state index in [2.05, 4.69) is 15.6 Å². The van der Waals surface area contributed by atoms with Crippen molar-refractivity contribution in [1.82, 2.24) is 10.6 Å². The van der Waals surface area contributed by atoms with Crippen molar-refractivity contribution >= 4 is 35.8 Å². The largest absolute Gasteiger partial charge is 0.484 e. The van der Waals surface area contributed by atoms with Crippen LogP contribution in [0.5, 0.6) is 5.75 Å². The van der Waals surface area contributed by atoms with Gasteiger partial charge in [0.1, 0.15) is 5.75 Å². The molecule has 0 atom stereocenters. The van der Waals surface area contributed by atoms with Crippen molar-refractivity contribution in [2.45, 2.75) is 33.1 Å². The van der Waals surface area contributed by atoms with Gasteiger partial charge in [-0.3, -0.25) is 4.79 Å². The maximum atomic E-state index is 12.5. The molecule has 4 N–H and O–H groups in total. The number of hydrogen-bond donors (Lipinski definition) is 3. The Kier molecular flexibility index (Phi) is 10.6. The highest BCUT2D eigenvalue weighted by atomic mass is 127. The molecule has 1 amide bonds. The Morgan fingerprint density at radius 2 is 1.81 bits per heavy atom. The number of hydrogen-bond acceptors (Lipinski definition) is 3. The zero-order valence-electron chi connectivity index (χ0n) is 17.3. The van der Waals surface area contributed by atoms with E-state index in [-0.39, 0.29) is 36.3 Å². The van der Waals surface area contributed by atoms with Gasteiger partial charge < -0.3 is 21.1 Å². The van der Waals surface area contributed by atoms with E-state index in [0.29, 0.717) is 30.2 Å². The summed E-state index contributed by atoms with van der Waals surface area (Å²) < 4.78 is 42.5. The maximum Gasteiger partial charge on any atom is 0.422 e. The zero-order chi connectivity index (χ0) is 22.1. The lowest BCUT2D eigenvalue weighted by Gasteiger charge is -2.16.